The molecule has 2 heterocycles. The number of carbonyl (C=O) groups excluding carboxylic acids is 4. The lowest BCUT2D eigenvalue weighted by atomic mass is 9.91. The van der Waals surface area contributed by atoms with Gasteiger partial charge in [0.1, 0.15) is 60.1 Å². The summed E-state index contributed by atoms with van der Waals surface area (Å²) in [5.41, 5.74) is 6.33. The van der Waals surface area contributed by atoms with Crippen LogP contribution in [0.3, 0.4) is 0 Å². The van der Waals surface area contributed by atoms with Gasteiger partial charge in [-0.25, -0.2) is 18.4 Å². The van der Waals surface area contributed by atoms with E-state index in [2.05, 4.69) is 47.2 Å². The van der Waals surface area contributed by atoms with Gasteiger partial charge in [-0.15, -0.1) is 0 Å². The molecule has 102 heavy (non-hydrogen) atoms. The summed E-state index contributed by atoms with van der Waals surface area (Å²) in [6, 6.07) is 66.5. The molecule has 2 aliphatic rings. The molecule has 0 bridgehead atoms. The van der Waals surface area contributed by atoms with Crippen LogP contribution in [0.15, 0.2) is 244 Å². The van der Waals surface area contributed by atoms with E-state index >= 15 is 4.39 Å². The number of nitrogens with zero attached hydrogens (tertiary/aromatic N) is 6. The molecule has 10 rings (SSSR count). The van der Waals surface area contributed by atoms with E-state index in [9.17, 15) is 33.8 Å². The third-order valence-corrected chi connectivity index (χ3v) is 16.9. The second-order valence-corrected chi connectivity index (χ2v) is 27.4. The van der Waals surface area contributed by atoms with E-state index < -0.39 is 47.4 Å². The van der Waals surface area contributed by atoms with Crippen LogP contribution in [0.2, 0.25) is 0 Å². The van der Waals surface area contributed by atoms with Gasteiger partial charge in [-0.3, -0.25) is 29.2 Å². The van der Waals surface area contributed by atoms with E-state index in [0.29, 0.717) is 82.4 Å². The second-order valence-electron chi connectivity index (χ2n) is 27.4. The van der Waals surface area contributed by atoms with E-state index in [1.165, 1.54) is 45.2 Å². The highest BCUT2D eigenvalue weighted by molar-refractivity contribution is 5.88. The molecular formula is C84H98F2N6O10. The molecule has 2 fully saturated rings. The summed E-state index contributed by atoms with van der Waals surface area (Å²) < 4.78 is 51.5. The number of amides is 4. The van der Waals surface area contributed by atoms with Crippen LogP contribution in [0.1, 0.15) is 86.1 Å². The van der Waals surface area contributed by atoms with E-state index in [-0.39, 0.29) is 62.9 Å². The van der Waals surface area contributed by atoms with Gasteiger partial charge >= 0.3 is 12.2 Å². The number of rotatable bonds is 27. The monoisotopic (exact) mass is 1390 g/mol. The molecule has 0 aromatic heterocycles. The number of benzene rings is 8. The molecule has 8 aromatic rings. The molecule has 0 unspecified atom stereocenters. The normalized spacial score (nSPS) is 14.9. The van der Waals surface area contributed by atoms with E-state index in [1.807, 2.05) is 185 Å². The van der Waals surface area contributed by atoms with Crippen molar-refractivity contribution in [2.24, 2.45) is 0 Å². The summed E-state index contributed by atoms with van der Waals surface area (Å²) in [7, 11) is 0. The van der Waals surface area contributed by atoms with Crippen LogP contribution in [0.25, 0.3) is 0 Å². The molecule has 0 radical (unpaired) electrons. The van der Waals surface area contributed by atoms with E-state index in [1.54, 1.807) is 48.8 Å². The Balaban J connectivity index is 0.000000217. The molecule has 8 aromatic carbocycles. The first kappa shape index (κ1) is 77.8. The molecule has 2 N–H and O–H groups in total. The number of carbonyl (C=O) groups is 4. The van der Waals surface area contributed by atoms with Gasteiger partial charge < -0.3 is 39.0 Å². The maximum Gasteiger partial charge on any atom is 0.411 e. The molecule has 18 heteroatoms. The first-order valence-corrected chi connectivity index (χ1v) is 34.6. The average molecular weight is 1390 g/mol. The van der Waals surface area contributed by atoms with Gasteiger partial charge in [0.05, 0.1) is 12.7 Å². The third kappa shape index (κ3) is 25.3. The fourth-order valence-corrected chi connectivity index (χ4v) is 12.1. The number of aliphatic hydroxyl groups is 2. The Morgan fingerprint density at radius 3 is 1.29 bits per heavy atom. The lowest BCUT2D eigenvalue weighted by molar-refractivity contribution is -0.150. The summed E-state index contributed by atoms with van der Waals surface area (Å²) in [5, 5.41) is 22.9. The highest BCUT2D eigenvalue weighted by Crippen LogP contribution is 2.30. The SMILES string of the molecule is C=CCOc1cc(F)cc(C[C@H](CO)N(Cc2ccccc2)Cc2ccccc2)c1.C=CCOc1cc(F)cc(C[C@H]([C@H](O)[C@H]2C(=O)N(Cc3ccccc3)CCN2C(=O)OC(C)(C)C)N(Cc2ccccc2)Cc2ccccc2)c1.CC(C)(C)OC(=O)N1CCN(Cc2ccccc2)C(=O)C1. The molecule has 0 spiro atoms. The van der Waals surface area contributed by atoms with Crippen LogP contribution in [0.4, 0.5) is 18.4 Å². The standard InChI is InChI=1S/C42H48FN3O5.C26H28FNO2.C16H22N2O3/c1-5-23-50-36-25-34(24-35(43)27-36)26-37(45(29-32-17-11-7-12-18-32)30-33-19-13-8-14-20-33)39(47)38-40(48)44(28-31-15-9-6-10-16-31)21-22-46(38)41(49)51-42(2,3)4;1-2-13-30-26-16-23(14-24(27)17-26)15-25(20-29)28(18-21-9-5-3-6-10-21)19-22-11-7-4-8-12-22;1-16(2,3)21-15(20)18-10-9-17(14(19)12-18)11-13-7-5-4-6-8-13/h5-20,24-25,27,37-39,47H,1,21-23,26,28-30H2,2-4H3;2-12,14,16-17,25,29H,1,13,15,18-20H2;4-8H,9-12H2,1-3H3/t37-,38+,39+;25-;/m11./s1. The minimum atomic E-state index is -1.41. The van der Waals surface area contributed by atoms with Crippen molar-refractivity contribution < 1.29 is 57.1 Å². The Kier molecular flexibility index (Phi) is 29.5. The van der Waals surface area contributed by atoms with Crippen LogP contribution in [0, 0.1) is 11.6 Å². The minimum Gasteiger partial charge on any atom is -0.489 e. The molecule has 4 atom stereocenters. The van der Waals surface area contributed by atoms with Crippen LogP contribution in [-0.2, 0) is 71.2 Å². The van der Waals surface area contributed by atoms with Crippen molar-refractivity contribution in [3.8, 4) is 11.5 Å². The van der Waals surface area contributed by atoms with Gasteiger partial charge in [-0.1, -0.05) is 207 Å². The molecule has 0 aliphatic carbocycles. The lowest BCUT2D eigenvalue weighted by Crippen LogP contribution is -2.66. The number of aliphatic hydroxyl groups excluding tert-OH is 2. The van der Waals surface area contributed by atoms with Gasteiger partial charge in [0.2, 0.25) is 11.8 Å². The number of halogens is 2. The zero-order valence-corrected chi connectivity index (χ0v) is 59.6. The number of ether oxygens (including phenoxy) is 4. The average Bonchev–Trinajstić information content (AvgIpc) is 0.776. The first-order valence-electron chi connectivity index (χ1n) is 34.6. The molecule has 0 saturated carbocycles. The van der Waals surface area contributed by atoms with Crippen molar-refractivity contribution in [1.82, 2.24) is 29.4 Å². The molecule has 538 valence electrons. The lowest BCUT2D eigenvalue weighted by Gasteiger charge is -2.46. The number of piperazine rings is 2. The van der Waals surface area contributed by atoms with Crippen molar-refractivity contribution >= 4 is 24.0 Å². The maximum absolute atomic E-state index is 15.1. The van der Waals surface area contributed by atoms with Crippen molar-refractivity contribution in [3.05, 3.63) is 300 Å². The fraction of sp³-hybridized carbons (Fsp3) is 0.333. The zero-order chi connectivity index (χ0) is 73.0. The van der Waals surface area contributed by atoms with Gasteiger partial charge in [0.25, 0.3) is 0 Å². The first-order chi connectivity index (χ1) is 49.0. The summed E-state index contributed by atoms with van der Waals surface area (Å²) >= 11 is 0. The summed E-state index contributed by atoms with van der Waals surface area (Å²) in [4.78, 5) is 63.1. The highest BCUT2D eigenvalue weighted by Gasteiger charge is 2.47. The topological polar surface area (TPSA) is 165 Å². The molecular weight excluding hydrogens is 1290 g/mol. The summed E-state index contributed by atoms with van der Waals surface area (Å²) in [6.45, 7) is 23.2. The predicted molar refractivity (Wildman–Crippen MR) is 395 cm³/mol. The van der Waals surface area contributed by atoms with Gasteiger partial charge in [0, 0.05) is 89.7 Å². The zero-order valence-electron chi connectivity index (χ0n) is 59.6. The van der Waals surface area contributed by atoms with Crippen molar-refractivity contribution in [1.29, 1.82) is 0 Å². The van der Waals surface area contributed by atoms with Crippen molar-refractivity contribution in [2.45, 2.75) is 129 Å². The Morgan fingerprint density at radius 1 is 0.510 bits per heavy atom. The van der Waals surface area contributed by atoms with Gasteiger partial charge in [-0.05, 0) is 123 Å². The Morgan fingerprint density at radius 2 is 0.892 bits per heavy atom. The predicted octanol–water partition coefficient (Wildman–Crippen LogP) is 14.3. The summed E-state index contributed by atoms with van der Waals surface area (Å²) in [6.07, 6.45) is 1.36. The molecule has 16 nitrogen and oxygen atoms in total. The molecule has 2 saturated heterocycles. The fourth-order valence-electron chi connectivity index (χ4n) is 12.1. The Labute approximate surface area is 600 Å². The third-order valence-electron chi connectivity index (χ3n) is 16.9. The Bertz CT molecular complexity index is 3820. The smallest absolute Gasteiger partial charge is 0.411 e. The quantitative estimate of drug-likeness (QED) is 0.0469. The molecule has 4 amide bonds. The van der Waals surface area contributed by atoms with Crippen molar-refractivity contribution in [3.63, 3.8) is 0 Å². The van der Waals surface area contributed by atoms with Gasteiger partial charge in [-0.2, -0.15) is 0 Å². The maximum atomic E-state index is 15.1. The Hall–Kier alpha value is -9.98. The van der Waals surface area contributed by atoms with E-state index in [4.69, 9.17) is 18.9 Å². The summed E-state index contributed by atoms with van der Waals surface area (Å²) in [5.74, 6) is -0.470. The van der Waals surface area contributed by atoms with E-state index in [0.717, 1.165) is 27.8 Å². The molecule has 2 aliphatic heterocycles. The van der Waals surface area contributed by atoms with Crippen LogP contribution in [0.5, 0.6) is 11.5 Å². The van der Waals surface area contributed by atoms with Crippen molar-refractivity contribution in [2.75, 3.05) is 52.5 Å². The highest BCUT2D eigenvalue weighted by atomic mass is 19.1. The number of hydrogen-bond donors (Lipinski definition) is 2. The second kappa shape index (κ2) is 38.7. The number of hydrogen-bond acceptors (Lipinski definition) is 12. The largest absolute Gasteiger partial charge is 0.489 e. The van der Waals surface area contributed by atoms with Crippen LogP contribution in [-0.4, -0.2) is 152 Å². The van der Waals surface area contributed by atoms with Crippen LogP contribution < -0.4 is 9.47 Å². The minimum absolute atomic E-state index is 0.0287. The van der Waals surface area contributed by atoms with Gasteiger partial charge in [0.15, 0.2) is 0 Å². The van der Waals surface area contributed by atoms with Crippen LogP contribution >= 0.6 is 0 Å².